The van der Waals surface area contributed by atoms with Crippen molar-refractivity contribution >= 4 is 5.91 Å². The van der Waals surface area contributed by atoms with Crippen LogP contribution in [0.15, 0.2) is 18.2 Å². The fourth-order valence-electron chi connectivity index (χ4n) is 3.97. The van der Waals surface area contributed by atoms with Crippen molar-refractivity contribution in [3.63, 3.8) is 0 Å². The zero-order chi connectivity index (χ0) is 17.4. The molecule has 0 spiro atoms. The molecule has 132 valence electrons. The van der Waals surface area contributed by atoms with E-state index in [-0.39, 0.29) is 11.9 Å². The minimum Gasteiger partial charge on any atom is -0.497 e. The van der Waals surface area contributed by atoms with Gasteiger partial charge in [-0.2, -0.15) is 0 Å². The van der Waals surface area contributed by atoms with Crippen molar-refractivity contribution in [2.75, 3.05) is 13.7 Å². The summed E-state index contributed by atoms with van der Waals surface area (Å²) in [6.07, 6.45) is 5.16. The zero-order valence-electron chi connectivity index (χ0n) is 14.9. The van der Waals surface area contributed by atoms with E-state index in [4.69, 9.17) is 4.74 Å². The molecule has 0 aliphatic carbocycles. The van der Waals surface area contributed by atoms with Crippen LogP contribution < -0.4 is 4.74 Å². The van der Waals surface area contributed by atoms with Gasteiger partial charge in [-0.15, -0.1) is 10.2 Å². The molecule has 0 radical (unpaired) electrons. The first-order valence-corrected chi connectivity index (χ1v) is 9.09. The fraction of sp³-hybridized carbons (Fsp3) is 0.526. The molecule has 4 rings (SSSR count). The van der Waals surface area contributed by atoms with Gasteiger partial charge < -0.3 is 14.2 Å². The zero-order valence-corrected chi connectivity index (χ0v) is 14.9. The number of methoxy groups -OCH3 is 1. The second kappa shape index (κ2) is 6.50. The summed E-state index contributed by atoms with van der Waals surface area (Å²) in [6, 6.07) is 6.14. The summed E-state index contributed by atoms with van der Waals surface area (Å²) in [4.78, 5) is 15.1. The largest absolute Gasteiger partial charge is 0.497 e. The number of benzene rings is 1. The van der Waals surface area contributed by atoms with Crippen LogP contribution >= 0.6 is 0 Å². The van der Waals surface area contributed by atoms with Gasteiger partial charge in [0.2, 0.25) is 5.82 Å². The van der Waals surface area contributed by atoms with E-state index in [1.54, 1.807) is 7.11 Å². The van der Waals surface area contributed by atoms with E-state index in [2.05, 4.69) is 23.2 Å². The van der Waals surface area contributed by atoms with Crippen molar-refractivity contribution in [2.24, 2.45) is 0 Å². The molecular weight excluding hydrogens is 316 g/mol. The van der Waals surface area contributed by atoms with Gasteiger partial charge in [-0.1, -0.05) is 12.5 Å². The van der Waals surface area contributed by atoms with E-state index in [1.807, 2.05) is 21.6 Å². The van der Waals surface area contributed by atoms with Crippen molar-refractivity contribution in [3.8, 4) is 5.75 Å². The molecular formula is C19H24N4O2. The molecule has 0 bridgehead atoms. The van der Waals surface area contributed by atoms with E-state index in [0.29, 0.717) is 12.4 Å². The van der Waals surface area contributed by atoms with Crippen molar-refractivity contribution < 1.29 is 9.53 Å². The van der Waals surface area contributed by atoms with Crippen molar-refractivity contribution in [1.29, 1.82) is 0 Å². The van der Waals surface area contributed by atoms with Gasteiger partial charge in [0.05, 0.1) is 13.2 Å². The van der Waals surface area contributed by atoms with Crippen molar-refractivity contribution in [1.82, 2.24) is 19.7 Å². The standard InChI is InChI=1S/C19H24N4O2/c1-13-16-12-15(25-2)8-7-14(16)9-11-22(13)19(24)18-21-20-17-6-4-3-5-10-23(17)18/h7-8,12-13H,3-6,9-11H2,1-2H3. The fourth-order valence-corrected chi connectivity index (χ4v) is 3.97. The second-order valence-corrected chi connectivity index (χ2v) is 6.89. The van der Waals surface area contributed by atoms with Gasteiger partial charge in [-0.3, -0.25) is 4.79 Å². The van der Waals surface area contributed by atoms with Gasteiger partial charge in [0.25, 0.3) is 5.91 Å². The molecule has 1 aromatic carbocycles. The molecule has 1 amide bonds. The third-order valence-corrected chi connectivity index (χ3v) is 5.45. The average molecular weight is 340 g/mol. The molecule has 2 aromatic rings. The Balaban J connectivity index is 1.64. The summed E-state index contributed by atoms with van der Waals surface area (Å²) in [6.45, 7) is 3.63. The molecule has 0 saturated heterocycles. The Morgan fingerprint density at radius 3 is 2.88 bits per heavy atom. The van der Waals surface area contributed by atoms with Gasteiger partial charge >= 0.3 is 0 Å². The van der Waals surface area contributed by atoms with Crippen LogP contribution in [-0.2, 0) is 19.4 Å². The highest BCUT2D eigenvalue weighted by atomic mass is 16.5. The number of carbonyl (C=O) groups is 1. The number of hydrogen-bond donors (Lipinski definition) is 0. The lowest BCUT2D eigenvalue weighted by Crippen LogP contribution is -2.40. The molecule has 3 heterocycles. The molecule has 1 unspecified atom stereocenters. The first-order valence-electron chi connectivity index (χ1n) is 9.09. The average Bonchev–Trinajstić information content (AvgIpc) is 2.89. The SMILES string of the molecule is COc1ccc2c(c1)C(C)N(C(=O)c1nnc3n1CCCCC3)CC2. The Hall–Kier alpha value is -2.37. The van der Waals surface area contributed by atoms with Crippen molar-refractivity contribution in [3.05, 3.63) is 41.0 Å². The van der Waals surface area contributed by atoms with Crippen LogP contribution in [0.5, 0.6) is 5.75 Å². The Labute approximate surface area is 147 Å². The van der Waals surface area contributed by atoms with Crippen LogP contribution in [0.2, 0.25) is 0 Å². The van der Waals surface area contributed by atoms with Gasteiger partial charge in [0, 0.05) is 19.5 Å². The Morgan fingerprint density at radius 1 is 1.16 bits per heavy atom. The van der Waals surface area contributed by atoms with Crippen molar-refractivity contribution in [2.45, 2.75) is 51.6 Å². The number of ether oxygens (including phenoxy) is 1. The van der Waals surface area contributed by atoms with E-state index in [9.17, 15) is 4.79 Å². The highest BCUT2D eigenvalue weighted by Gasteiger charge is 2.32. The summed E-state index contributed by atoms with van der Waals surface area (Å²) < 4.78 is 7.39. The molecule has 6 nitrogen and oxygen atoms in total. The minimum absolute atomic E-state index is 0.00470. The first-order chi connectivity index (χ1) is 12.2. The monoisotopic (exact) mass is 340 g/mol. The molecule has 0 fully saturated rings. The Bertz CT molecular complexity index is 799. The molecule has 25 heavy (non-hydrogen) atoms. The Morgan fingerprint density at radius 2 is 2.04 bits per heavy atom. The molecule has 1 aromatic heterocycles. The number of aryl methyl sites for hydroxylation is 1. The second-order valence-electron chi connectivity index (χ2n) is 6.89. The van der Waals surface area contributed by atoms with Gasteiger partial charge in [-0.25, -0.2) is 0 Å². The van der Waals surface area contributed by atoms with E-state index in [1.165, 1.54) is 12.0 Å². The number of carbonyl (C=O) groups excluding carboxylic acids is 1. The molecule has 2 aliphatic rings. The van der Waals surface area contributed by atoms with Crippen LogP contribution in [0, 0.1) is 0 Å². The smallest absolute Gasteiger partial charge is 0.292 e. The lowest BCUT2D eigenvalue weighted by atomic mass is 9.93. The van der Waals surface area contributed by atoms with Gasteiger partial charge in [0.15, 0.2) is 0 Å². The van der Waals surface area contributed by atoms with Gasteiger partial charge in [0.1, 0.15) is 11.6 Å². The first kappa shape index (κ1) is 16.1. The lowest BCUT2D eigenvalue weighted by molar-refractivity contribution is 0.0658. The van der Waals surface area contributed by atoms with Crippen LogP contribution in [0.4, 0.5) is 0 Å². The Kier molecular flexibility index (Phi) is 4.19. The predicted molar refractivity (Wildman–Crippen MR) is 93.7 cm³/mol. The van der Waals surface area contributed by atoms with E-state index in [0.717, 1.165) is 49.4 Å². The quantitative estimate of drug-likeness (QED) is 0.843. The number of nitrogens with zero attached hydrogens (tertiary/aromatic N) is 4. The summed E-state index contributed by atoms with van der Waals surface area (Å²) in [5, 5.41) is 8.51. The molecule has 6 heteroatoms. The van der Waals surface area contributed by atoms with E-state index >= 15 is 0 Å². The minimum atomic E-state index is -0.0124. The number of hydrogen-bond acceptors (Lipinski definition) is 4. The maximum atomic E-state index is 13.2. The predicted octanol–water partition coefficient (Wildman–Crippen LogP) is 2.77. The third-order valence-electron chi connectivity index (χ3n) is 5.45. The molecule has 1 atom stereocenters. The summed E-state index contributed by atoms with van der Waals surface area (Å²) in [5.74, 6) is 2.26. The van der Waals surface area contributed by atoms with Crippen LogP contribution in [0.25, 0.3) is 0 Å². The number of fused-ring (bicyclic) bond motifs is 2. The number of rotatable bonds is 2. The lowest BCUT2D eigenvalue weighted by Gasteiger charge is -2.35. The molecule has 2 aliphatic heterocycles. The summed E-state index contributed by atoms with van der Waals surface area (Å²) in [7, 11) is 1.67. The maximum Gasteiger partial charge on any atom is 0.292 e. The normalized spacial score (nSPS) is 19.8. The van der Waals surface area contributed by atoms with Crippen LogP contribution in [0.1, 0.15) is 59.8 Å². The summed E-state index contributed by atoms with van der Waals surface area (Å²) in [5.41, 5.74) is 2.45. The molecule has 0 saturated carbocycles. The highest BCUT2D eigenvalue weighted by Crippen LogP contribution is 2.33. The van der Waals surface area contributed by atoms with Gasteiger partial charge in [-0.05, 0) is 49.4 Å². The maximum absolute atomic E-state index is 13.2. The number of aromatic nitrogens is 3. The van der Waals surface area contributed by atoms with Crippen LogP contribution in [0.3, 0.4) is 0 Å². The highest BCUT2D eigenvalue weighted by molar-refractivity contribution is 5.91. The third kappa shape index (κ3) is 2.79. The topological polar surface area (TPSA) is 60.2 Å². The number of amides is 1. The van der Waals surface area contributed by atoms with Crippen LogP contribution in [-0.4, -0.2) is 39.2 Å². The van der Waals surface area contributed by atoms with E-state index < -0.39 is 0 Å². The summed E-state index contributed by atoms with van der Waals surface area (Å²) >= 11 is 0. The molecule has 0 N–H and O–H groups in total.